The summed E-state index contributed by atoms with van der Waals surface area (Å²) in [5.74, 6) is -2.50. The number of piperidine rings is 1. The minimum absolute atomic E-state index is 0.0180. The number of nitrogens with zero attached hydrogens (tertiary/aromatic N) is 2. The van der Waals surface area contributed by atoms with Crippen molar-refractivity contribution in [3.63, 3.8) is 0 Å². The van der Waals surface area contributed by atoms with Gasteiger partial charge in [-0.25, -0.2) is 9.59 Å². The largest absolute Gasteiger partial charge is 0.478 e. The predicted molar refractivity (Wildman–Crippen MR) is 128 cm³/mol. The number of fused-ring (bicyclic) bond motifs is 1. The summed E-state index contributed by atoms with van der Waals surface area (Å²) < 4.78 is 5.94. The van der Waals surface area contributed by atoms with Crippen LogP contribution in [0.15, 0.2) is 66.7 Å². The average Bonchev–Trinajstić information content (AvgIpc) is 3.11. The van der Waals surface area contributed by atoms with Gasteiger partial charge < -0.3 is 24.7 Å². The smallest absolute Gasteiger partial charge is 0.328 e. The van der Waals surface area contributed by atoms with Gasteiger partial charge in [0.25, 0.3) is 5.91 Å². The van der Waals surface area contributed by atoms with Gasteiger partial charge in [-0.1, -0.05) is 55.0 Å². The standard InChI is InChI=1S/C22H26N2O2.C4H4O4/c1-26-22(18-10-4-2-5-11-18)19-12-6-7-13-20(19)24(21(22)25)17-16-23-14-8-3-9-15-23;5-3(6)1-2-4(7)8/h2,4-7,10-13H,3,8-9,14-17H2,1H3;1-2H,(H,5,6)(H,7,8)/b;2-1-. The van der Waals surface area contributed by atoms with Crippen LogP contribution in [-0.4, -0.2) is 66.2 Å². The van der Waals surface area contributed by atoms with Crippen LogP contribution in [0.4, 0.5) is 5.69 Å². The molecule has 2 aliphatic heterocycles. The highest BCUT2D eigenvalue weighted by Crippen LogP contribution is 2.46. The van der Waals surface area contributed by atoms with Crippen LogP contribution in [0.2, 0.25) is 0 Å². The molecule has 34 heavy (non-hydrogen) atoms. The number of anilines is 1. The van der Waals surface area contributed by atoms with E-state index in [1.54, 1.807) is 7.11 Å². The first-order valence-electron chi connectivity index (χ1n) is 11.3. The molecule has 8 heteroatoms. The molecule has 4 rings (SSSR count). The first-order chi connectivity index (χ1) is 16.4. The Morgan fingerprint density at radius 3 is 2.09 bits per heavy atom. The van der Waals surface area contributed by atoms with E-state index in [9.17, 15) is 14.4 Å². The molecule has 8 nitrogen and oxygen atoms in total. The van der Waals surface area contributed by atoms with Gasteiger partial charge in [0.2, 0.25) is 0 Å². The summed E-state index contributed by atoms with van der Waals surface area (Å²) in [6.45, 7) is 3.89. The van der Waals surface area contributed by atoms with Crippen LogP contribution in [0, 0.1) is 0 Å². The first-order valence-corrected chi connectivity index (χ1v) is 11.3. The maximum Gasteiger partial charge on any atom is 0.328 e. The number of carbonyl (C=O) groups excluding carboxylic acids is 1. The molecule has 180 valence electrons. The van der Waals surface area contributed by atoms with Crippen LogP contribution in [0.3, 0.4) is 0 Å². The molecule has 1 saturated heterocycles. The van der Waals surface area contributed by atoms with E-state index >= 15 is 0 Å². The molecule has 2 aromatic rings. The predicted octanol–water partition coefficient (Wildman–Crippen LogP) is 3.12. The fourth-order valence-electron chi connectivity index (χ4n) is 4.48. The number of hydrogen-bond donors (Lipinski definition) is 2. The number of methoxy groups -OCH3 is 1. The van der Waals surface area contributed by atoms with Gasteiger partial charge in [0, 0.05) is 37.9 Å². The van der Waals surface area contributed by atoms with Gasteiger partial charge in [0.05, 0.1) is 5.69 Å². The Morgan fingerprint density at radius 2 is 1.50 bits per heavy atom. The lowest BCUT2D eigenvalue weighted by atomic mass is 9.87. The van der Waals surface area contributed by atoms with Gasteiger partial charge in [-0.3, -0.25) is 4.79 Å². The maximum absolute atomic E-state index is 13.6. The van der Waals surface area contributed by atoms with Crippen molar-refractivity contribution < 1.29 is 29.3 Å². The molecule has 1 fully saturated rings. The minimum Gasteiger partial charge on any atom is -0.478 e. The van der Waals surface area contributed by atoms with Gasteiger partial charge in [-0.2, -0.15) is 0 Å². The van der Waals surface area contributed by atoms with E-state index in [2.05, 4.69) is 4.90 Å². The van der Waals surface area contributed by atoms with Crippen LogP contribution in [0.1, 0.15) is 30.4 Å². The molecular weight excluding hydrogens is 436 g/mol. The topological polar surface area (TPSA) is 107 Å². The molecule has 0 spiro atoms. The molecule has 0 saturated carbocycles. The number of aliphatic carboxylic acids is 2. The van der Waals surface area contributed by atoms with Gasteiger partial charge >= 0.3 is 11.9 Å². The highest BCUT2D eigenvalue weighted by Gasteiger charge is 2.52. The third-order valence-electron chi connectivity index (χ3n) is 6.06. The number of rotatable bonds is 7. The number of para-hydroxylation sites is 1. The Labute approximate surface area is 199 Å². The Kier molecular flexibility index (Phi) is 8.56. The second kappa shape index (κ2) is 11.6. The zero-order valence-electron chi connectivity index (χ0n) is 19.2. The van der Waals surface area contributed by atoms with Gasteiger partial charge in [0.1, 0.15) is 0 Å². The molecular formula is C26H30N2O6. The van der Waals surface area contributed by atoms with Crippen molar-refractivity contribution in [1.29, 1.82) is 0 Å². The lowest BCUT2D eigenvalue weighted by Crippen LogP contribution is -2.45. The van der Waals surface area contributed by atoms with Crippen molar-refractivity contribution in [1.82, 2.24) is 4.90 Å². The second-order valence-corrected chi connectivity index (χ2v) is 8.14. The van der Waals surface area contributed by atoms with E-state index in [1.807, 2.05) is 59.5 Å². The zero-order chi connectivity index (χ0) is 24.6. The molecule has 0 radical (unpaired) electrons. The Morgan fingerprint density at radius 1 is 0.912 bits per heavy atom. The lowest BCUT2D eigenvalue weighted by molar-refractivity contribution is -0.135. The van der Waals surface area contributed by atoms with Crippen molar-refractivity contribution in [2.75, 3.05) is 38.2 Å². The Hall–Kier alpha value is -3.49. The van der Waals surface area contributed by atoms with Crippen molar-refractivity contribution in [3.8, 4) is 0 Å². The van der Waals surface area contributed by atoms with Crippen LogP contribution >= 0.6 is 0 Å². The highest BCUT2D eigenvalue weighted by molar-refractivity contribution is 6.09. The Bertz CT molecular complexity index is 1020. The summed E-state index contributed by atoms with van der Waals surface area (Å²) >= 11 is 0. The molecule has 2 aromatic carbocycles. The molecule has 1 unspecified atom stereocenters. The fourth-order valence-corrected chi connectivity index (χ4v) is 4.48. The molecule has 0 aliphatic carbocycles. The molecule has 1 atom stereocenters. The van der Waals surface area contributed by atoms with E-state index in [4.69, 9.17) is 14.9 Å². The van der Waals surface area contributed by atoms with E-state index < -0.39 is 17.5 Å². The molecule has 2 heterocycles. The van der Waals surface area contributed by atoms with E-state index in [1.165, 1.54) is 19.3 Å². The number of amides is 1. The van der Waals surface area contributed by atoms with Gasteiger partial charge in [-0.15, -0.1) is 0 Å². The highest BCUT2D eigenvalue weighted by atomic mass is 16.5. The molecule has 0 aromatic heterocycles. The average molecular weight is 467 g/mol. The van der Waals surface area contributed by atoms with Gasteiger partial charge in [0.15, 0.2) is 5.60 Å². The minimum atomic E-state index is -1.26. The molecule has 1 amide bonds. The number of carbonyl (C=O) groups is 3. The third kappa shape index (κ3) is 5.52. The monoisotopic (exact) mass is 466 g/mol. The van der Waals surface area contributed by atoms with Crippen molar-refractivity contribution >= 4 is 23.5 Å². The molecule has 2 aliphatic rings. The quantitative estimate of drug-likeness (QED) is 0.604. The first kappa shape index (κ1) is 25.1. The summed E-state index contributed by atoms with van der Waals surface area (Å²) in [6.07, 6.45) is 4.96. The fraction of sp³-hybridized carbons (Fsp3) is 0.346. The summed E-state index contributed by atoms with van der Waals surface area (Å²) in [5, 5.41) is 15.6. The normalized spacial score (nSPS) is 20.0. The molecule has 2 N–H and O–H groups in total. The number of likely N-dealkylation sites (tertiary alicyclic amines) is 1. The van der Waals surface area contributed by atoms with Crippen molar-refractivity contribution in [2.24, 2.45) is 0 Å². The Balaban J connectivity index is 0.000000350. The van der Waals surface area contributed by atoms with Crippen LogP contribution in [0.25, 0.3) is 0 Å². The zero-order valence-corrected chi connectivity index (χ0v) is 19.2. The van der Waals surface area contributed by atoms with E-state index in [0.717, 1.165) is 36.4 Å². The lowest BCUT2D eigenvalue weighted by Gasteiger charge is -2.30. The van der Waals surface area contributed by atoms with E-state index in [0.29, 0.717) is 18.7 Å². The number of carboxylic acid groups (broad SMARTS) is 2. The second-order valence-electron chi connectivity index (χ2n) is 8.14. The van der Waals surface area contributed by atoms with Crippen molar-refractivity contribution in [2.45, 2.75) is 24.9 Å². The SMILES string of the molecule is COC1(c2ccccc2)C(=O)N(CCN2CCCCC2)c2ccccc21.O=C(O)/C=C\C(=O)O. The number of hydrogen-bond acceptors (Lipinski definition) is 5. The third-order valence-corrected chi connectivity index (χ3v) is 6.06. The molecule has 0 bridgehead atoms. The summed E-state index contributed by atoms with van der Waals surface area (Å²) in [4.78, 5) is 37.1. The van der Waals surface area contributed by atoms with E-state index in [-0.39, 0.29) is 5.91 Å². The summed E-state index contributed by atoms with van der Waals surface area (Å²) in [5.41, 5.74) is 1.76. The van der Waals surface area contributed by atoms with Gasteiger partial charge in [-0.05, 0) is 37.6 Å². The summed E-state index contributed by atoms with van der Waals surface area (Å²) in [7, 11) is 1.63. The number of benzene rings is 2. The van der Waals surface area contributed by atoms with Crippen molar-refractivity contribution in [3.05, 3.63) is 77.9 Å². The summed E-state index contributed by atoms with van der Waals surface area (Å²) in [6, 6.07) is 17.9. The number of carboxylic acids is 2. The van der Waals surface area contributed by atoms with Crippen LogP contribution in [-0.2, 0) is 24.7 Å². The van der Waals surface area contributed by atoms with Crippen LogP contribution in [0.5, 0.6) is 0 Å². The maximum atomic E-state index is 13.6. The number of ether oxygens (including phenoxy) is 1. The van der Waals surface area contributed by atoms with Crippen LogP contribution < -0.4 is 4.90 Å².